The first-order valence-corrected chi connectivity index (χ1v) is 23.5. The Morgan fingerprint density at radius 1 is 1.08 bits per heavy atom. The van der Waals surface area contributed by atoms with Gasteiger partial charge in [0, 0.05) is 39.9 Å². The van der Waals surface area contributed by atoms with E-state index >= 15 is 0 Å². The number of aromatic nitrogens is 2. The molecule has 7 rings (SSSR count). The van der Waals surface area contributed by atoms with E-state index < -0.39 is 79.3 Å². The Hall–Kier alpha value is -4.74. The van der Waals surface area contributed by atoms with Crippen LogP contribution < -0.4 is 20.1 Å². The van der Waals surface area contributed by atoms with Gasteiger partial charge in [0.2, 0.25) is 21.8 Å². The maximum atomic E-state index is 15.0. The van der Waals surface area contributed by atoms with Crippen molar-refractivity contribution in [2.24, 2.45) is 11.3 Å². The first kappa shape index (κ1) is 46.3. The molecule has 0 bridgehead atoms. The summed E-state index contributed by atoms with van der Waals surface area (Å²) in [6.45, 7) is 18.4. The quantitative estimate of drug-likeness (QED) is 0.112. The molecule has 2 saturated carbocycles. The SMILES string of the molecule is C=C[C@@H]1C[C@]1(NC(=O)[C@@H]1C[C@@H](Oc2cc(-c3nc(C(C)C)cs3)nc3c(C)c(C)ccc23)CN1C(=O)[C@@H](Nc1cc(Cl)cc(C(F)(F)F)c1)C(C)(C)C)C(=O)NS(=O)(=O)C1(C)CC1. The number of ether oxygens (including phenoxy) is 1. The molecule has 1 saturated heterocycles. The van der Waals surface area contributed by atoms with Crippen molar-refractivity contribution in [1.82, 2.24) is 24.9 Å². The summed E-state index contributed by atoms with van der Waals surface area (Å²) < 4.78 is 75.9. The first-order valence-electron chi connectivity index (χ1n) is 20.8. The molecule has 0 spiro atoms. The highest BCUT2D eigenvalue weighted by molar-refractivity contribution is 7.91. The monoisotopic (exact) mass is 928 g/mol. The van der Waals surface area contributed by atoms with Crippen molar-refractivity contribution in [3.05, 3.63) is 81.8 Å². The molecule has 338 valence electrons. The Kier molecular flexibility index (Phi) is 12.0. The van der Waals surface area contributed by atoms with Gasteiger partial charge < -0.3 is 20.3 Å². The maximum Gasteiger partial charge on any atom is 0.416 e. The number of hydrogen-bond acceptors (Lipinski definition) is 10. The number of benzene rings is 2. The Labute approximate surface area is 374 Å². The Morgan fingerprint density at radius 3 is 2.37 bits per heavy atom. The van der Waals surface area contributed by atoms with Crippen LogP contribution in [0.15, 0.2) is 54.4 Å². The molecule has 3 N–H and O–H groups in total. The van der Waals surface area contributed by atoms with E-state index in [-0.39, 0.29) is 36.0 Å². The molecule has 0 radical (unpaired) electrons. The third-order valence-corrected chi connectivity index (χ3v) is 15.7. The zero-order valence-corrected chi connectivity index (χ0v) is 38.8. The van der Waals surface area contributed by atoms with Crippen LogP contribution in [0.25, 0.3) is 21.6 Å². The molecular weight excluding hydrogens is 877 g/mol. The minimum absolute atomic E-state index is 0.0601. The summed E-state index contributed by atoms with van der Waals surface area (Å²) in [4.78, 5) is 54.6. The van der Waals surface area contributed by atoms with Crippen LogP contribution in [-0.4, -0.2) is 76.0 Å². The molecule has 3 fully saturated rings. The number of nitrogens with one attached hydrogen (secondary N) is 3. The zero-order valence-electron chi connectivity index (χ0n) is 36.4. The second kappa shape index (κ2) is 16.4. The van der Waals surface area contributed by atoms with Crippen LogP contribution >= 0.6 is 22.9 Å². The molecule has 12 nitrogen and oxygen atoms in total. The molecule has 1 aliphatic heterocycles. The number of carbonyl (C=O) groups is 3. The number of anilines is 1. The van der Waals surface area contributed by atoms with Crippen LogP contribution in [0.5, 0.6) is 5.75 Å². The van der Waals surface area contributed by atoms with Crippen LogP contribution in [0.4, 0.5) is 18.9 Å². The molecule has 2 aromatic carbocycles. The normalized spacial score (nSPS) is 22.4. The van der Waals surface area contributed by atoms with Gasteiger partial charge in [-0.1, -0.05) is 58.4 Å². The van der Waals surface area contributed by atoms with Crippen molar-refractivity contribution in [3.63, 3.8) is 0 Å². The summed E-state index contributed by atoms with van der Waals surface area (Å²) in [5.74, 6) is -2.26. The van der Waals surface area contributed by atoms with Gasteiger partial charge in [-0.25, -0.2) is 18.4 Å². The highest BCUT2D eigenvalue weighted by atomic mass is 35.5. The predicted molar refractivity (Wildman–Crippen MR) is 238 cm³/mol. The lowest BCUT2D eigenvalue weighted by Gasteiger charge is -2.36. The maximum absolute atomic E-state index is 15.0. The lowest BCUT2D eigenvalue weighted by Crippen LogP contribution is -2.59. The standard InChI is InChI=1S/C45H52ClF3N6O6S2/c1-10-26-20-44(26,41(58)54-63(59,60)43(9)13-14-43)53-38(56)34-18-30(21-55(34)40(57)37(42(6,7)8)50-29-16-27(45(47,48)49)15-28(46)17-29)61-35-19-32(39-52-33(22-62-39)23(2)3)51-36-25(5)24(4)11-12-31(35)36/h10-12,15-17,19,22-23,26,30,34,37,50H,1,13-14,18,20-21H2,2-9H3,(H,53,56)(H,54,58)/t26-,30-,34+,37-,44-/m1/s1. The number of rotatable bonds is 13. The number of fused-ring (bicyclic) bond motifs is 1. The topological polar surface area (TPSA) is 160 Å². The number of carbonyl (C=O) groups excluding carboxylic acids is 3. The minimum atomic E-state index is -4.72. The molecule has 3 amide bonds. The Morgan fingerprint density at radius 2 is 1.78 bits per heavy atom. The average Bonchev–Trinajstić information content (AvgIpc) is 3.98. The number of amides is 3. The summed E-state index contributed by atoms with van der Waals surface area (Å²) in [5, 5.41) is 8.94. The number of sulfonamides is 1. The average molecular weight is 930 g/mol. The summed E-state index contributed by atoms with van der Waals surface area (Å²) in [5.41, 5.74) is 0.436. The third-order valence-electron chi connectivity index (χ3n) is 12.5. The number of aryl methyl sites for hydroxylation is 2. The van der Waals surface area contributed by atoms with Crippen LogP contribution in [0.1, 0.15) is 95.5 Å². The fourth-order valence-electron chi connectivity index (χ4n) is 7.87. The van der Waals surface area contributed by atoms with Crippen molar-refractivity contribution in [2.45, 2.75) is 122 Å². The van der Waals surface area contributed by atoms with Crippen LogP contribution in [0.3, 0.4) is 0 Å². The number of halogens is 4. The molecule has 2 aromatic heterocycles. The van der Waals surface area contributed by atoms with E-state index in [9.17, 15) is 36.0 Å². The zero-order chi connectivity index (χ0) is 46.2. The molecule has 5 atom stereocenters. The number of pyridine rings is 1. The third kappa shape index (κ3) is 9.15. The Balaban J connectivity index is 1.26. The fourth-order valence-corrected chi connectivity index (χ4v) is 10.4. The minimum Gasteiger partial charge on any atom is -0.488 e. The van der Waals surface area contributed by atoms with Gasteiger partial charge in [0.25, 0.3) is 5.91 Å². The summed E-state index contributed by atoms with van der Waals surface area (Å²) in [7, 11) is -4.07. The van der Waals surface area contributed by atoms with Gasteiger partial charge in [0.1, 0.15) is 40.2 Å². The van der Waals surface area contributed by atoms with E-state index in [1.165, 1.54) is 35.3 Å². The van der Waals surface area contributed by atoms with E-state index in [2.05, 4.69) is 21.9 Å². The molecule has 18 heteroatoms. The lowest BCUT2D eigenvalue weighted by atomic mass is 9.85. The van der Waals surface area contributed by atoms with Crippen molar-refractivity contribution >= 4 is 67.3 Å². The van der Waals surface area contributed by atoms with E-state index in [0.717, 1.165) is 29.0 Å². The van der Waals surface area contributed by atoms with Crippen molar-refractivity contribution in [2.75, 3.05) is 11.9 Å². The lowest BCUT2D eigenvalue weighted by molar-refractivity contribution is -0.141. The van der Waals surface area contributed by atoms with Gasteiger partial charge >= 0.3 is 6.18 Å². The van der Waals surface area contributed by atoms with Gasteiger partial charge in [0.05, 0.1) is 28.1 Å². The van der Waals surface area contributed by atoms with Gasteiger partial charge in [0.15, 0.2) is 0 Å². The Bertz CT molecular complexity index is 2620. The van der Waals surface area contributed by atoms with Gasteiger partial charge in [-0.05, 0) is 86.8 Å². The number of thiazole rings is 1. The van der Waals surface area contributed by atoms with E-state index in [1.807, 2.05) is 45.2 Å². The van der Waals surface area contributed by atoms with E-state index in [0.29, 0.717) is 40.2 Å². The van der Waals surface area contributed by atoms with E-state index in [4.69, 9.17) is 26.3 Å². The largest absolute Gasteiger partial charge is 0.488 e. The molecule has 4 aromatic rings. The smallest absolute Gasteiger partial charge is 0.416 e. The van der Waals surface area contributed by atoms with E-state index in [1.54, 1.807) is 26.8 Å². The number of hydrogen-bond donors (Lipinski definition) is 3. The summed E-state index contributed by atoms with van der Waals surface area (Å²) >= 11 is 7.59. The summed E-state index contributed by atoms with van der Waals surface area (Å²) in [6.07, 6.45) is -3.29. The number of nitrogens with zero attached hydrogens (tertiary/aromatic N) is 3. The van der Waals surface area contributed by atoms with Gasteiger partial charge in [-0.3, -0.25) is 19.1 Å². The molecule has 2 aliphatic carbocycles. The predicted octanol–water partition coefficient (Wildman–Crippen LogP) is 8.71. The molecule has 3 aliphatic rings. The molecule has 63 heavy (non-hydrogen) atoms. The van der Waals surface area contributed by atoms with Crippen LogP contribution in [-0.2, 0) is 30.6 Å². The molecule has 0 unspecified atom stereocenters. The second-order valence-corrected chi connectivity index (χ2v) is 22.2. The molecular formula is C45H52ClF3N6O6S2. The summed E-state index contributed by atoms with van der Waals surface area (Å²) in [6, 6.07) is 6.10. The fraction of sp³-hybridized carbons (Fsp3) is 0.489. The van der Waals surface area contributed by atoms with Crippen molar-refractivity contribution < 1.29 is 40.7 Å². The van der Waals surface area contributed by atoms with Crippen LogP contribution in [0.2, 0.25) is 5.02 Å². The molecule has 3 heterocycles. The van der Waals surface area contributed by atoms with Crippen molar-refractivity contribution in [3.8, 4) is 16.5 Å². The first-order chi connectivity index (χ1) is 29.3. The van der Waals surface area contributed by atoms with Gasteiger partial charge in [-0.15, -0.1) is 17.9 Å². The number of alkyl halides is 3. The van der Waals surface area contributed by atoms with Crippen molar-refractivity contribution in [1.29, 1.82) is 0 Å². The van der Waals surface area contributed by atoms with Crippen LogP contribution in [0, 0.1) is 25.2 Å². The second-order valence-electron chi connectivity index (χ2n) is 18.7. The highest BCUT2D eigenvalue weighted by Crippen LogP contribution is 2.47. The number of likely N-dealkylation sites (tertiary alicyclic amines) is 1. The highest BCUT2D eigenvalue weighted by Gasteiger charge is 2.63. The van der Waals surface area contributed by atoms with Gasteiger partial charge in [-0.2, -0.15) is 13.2 Å².